The first-order valence-electron chi connectivity index (χ1n) is 16.7. The highest BCUT2D eigenvalue weighted by molar-refractivity contribution is 7.89. The Kier molecular flexibility index (Phi) is 11.3. The van der Waals surface area contributed by atoms with E-state index in [9.17, 15) is 18.3 Å². The van der Waals surface area contributed by atoms with Crippen molar-refractivity contribution in [2.24, 2.45) is 11.8 Å². The number of aliphatic hydroxyl groups excluding tert-OH is 1. The molecule has 4 aromatic rings. The number of carbonyl (C=O) groups is 1. The summed E-state index contributed by atoms with van der Waals surface area (Å²) in [4.78, 5) is 13.2. The predicted octanol–water partition coefficient (Wildman–Crippen LogP) is 4.22. The molecule has 2 fully saturated rings. The van der Waals surface area contributed by atoms with Gasteiger partial charge in [-0.25, -0.2) is 13.2 Å². The third-order valence-electron chi connectivity index (χ3n) is 8.89. The molecule has 12 nitrogen and oxygen atoms in total. The first kappa shape index (κ1) is 35.0. The third kappa shape index (κ3) is 8.66. The molecule has 2 aliphatic rings. The van der Waals surface area contributed by atoms with E-state index in [2.05, 4.69) is 15.8 Å². The average Bonchev–Trinajstić information content (AvgIpc) is 3.82. The number of hydrogen-bond donors (Lipinski definition) is 3. The lowest BCUT2D eigenvalue weighted by atomic mass is 10.0. The predicted molar refractivity (Wildman–Crippen MR) is 182 cm³/mol. The molecule has 0 bridgehead atoms. The number of nitrogens with one attached hydrogen (secondary N) is 2. The number of aliphatic hydroxyl groups is 1. The summed E-state index contributed by atoms with van der Waals surface area (Å²) in [7, 11) is -4.10. The maximum atomic E-state index is 14.2. The zero-order valence-electron chi connectivity index (χ0n) is 27.7. The summed E-state index contributed by atoms with van der Waals surface area (Å²) < 4.78 is 52.1. The highest BCUT2D eigenvalue weighted by Crippen LogP contribution is 2.33. The molecule has 3 aromatic carbocycles. The van der Waals surface area contributed by atoms with Gasteiger partial charge in [0.1, 0.15) is 11.8 Å². The zero-order chi connectivity index (χ0) is 34.4. The lowest BCUT2D eigenvalue weighted by molar-refractivity contribution is -0.0907. The van der Waals surface area contributed by atoms with Crippen LogP contribution in [0.2, 0.25) is 0 Å². The number of ether oxygens (including phenoxy) is 3. The topological polar surface area (TPSA) is 152 Å². The van der Waals surface area contributed by atoms with Gasteiger partial charge in [-0.3, -0.25) is 0 Å². The van der Waals surface area contributed by atoms with Crippen LogP contribution in [-0.2, 0) is 43.7 Å². The summed E-state index contributed by atoms with van der Waals surface area (Å²) >= 11 is 0. The number of nitrogens with zero attached hydrogens (tertiary/aromatic N) is 2. The quantitative estimate of drug-likeness (QED) is 0.165. The van der Waals surface area contributed by atoms with Crippen LogP contribution in [0.15, 0.2) is 88.3 Å². The van der Waals surface area contributed by atoms with Crippen LogP contribution < -0.4 is 10.6 Å². The van der Waals surface area contributed by atoms with Gasteiger partial charge in [0.2, 0.25) is 10.0 Å². The molecule has 1 amide bonds. The lowest BCUT2D eigenvalue weighted by Gasteiger charge is -2.31. The number of fused-ring (bicyclic) bond motifs is 2. The van der Waals surface area contributed by atoms with Crippen molar-refractivity contribution in [3.63, 3.8) is 0 Å². The molecule has 2 aliphatic heterocycles. The molecule has 1 aromatic heterocycles. The Hall–Kier alpha value is -3.85. The van der Waals surface area contributed by atoms with Gasteiger partial charge in [-0.05, 0) is 48.1 Å². The van der Waals surface area contributed by atoms with Crippen molar-refractivity contribution in [1.29, 1.82) is 0 Å². The molecular weight excluding hydrogens is 648 g/mol. The van der Waals surface area contributed by atoms with E-state index in [0.29, 0.717) is 36.4 Å². The van der Waals surface area contributed by atoms with Gasteiger partial charge in [-0.2, -0.15) is 4.31 Å². The molecular formula is C36H44N4O8S. The molecule has 0 radical (unpaired) electrons. The maximum Gasteiger partial charge on any atom is 0.407 e. The highest BCUT2D eigenvalue weighted by Gasteiger charge is 2.44. The number of carbonyl (C=O) groups excluding carboxylic acids is 1. The molecule has 2 saturated heterocycles. The van der Waals surface area contributed by atoms with Gasteiger partial charge < -0.3 is 34.5 Å². The molecule has 0 unspecified atom stereocenters. The number of amides is 1. The van der Waals surface area contributed by atoms with Gasteiger partial charge in [0.15, 0.2) is 11.9 Å². The monoisotopic (exact) mass is 692 g/mol. The molecule has 13 heteroatoms. The molecule has 5 atom stereocenters. The minimum absolute atomic E-state index is 0.0437. The SMILES string of the molecule is CC(C)CN(C[C@@H](O)[C@H](Cc1ccccc1)NC(=O)O[C@H]1CO[C@H]2OCC[C@H]21)S(=O)(=O)c1ccc2onc(CNCc3ccccc3)c2c1. The van der Waals surface area contributed by atoms with Gasteiger partial charge in [0.05, 0.1) is 36.2 Å². The summed E-state index contributed by atoms with van der Waals surface area (Å²) in [6, 6.07) is 23.1. The number of alkyl carbamates (subject to hydrolysis) is 1. The van der Waals surface area contributed by atoms with Crippen LogP contribution in [0.4, 0.5) is 4.79 Å². The summed E-state index contributed by atoms with van der Waals surface area (Å²) in [5.41, 5.74) is 3.04. The van der Waals surface area contributed by atoms with Crippen LogP contribution in [0, 0.1) is 11.8 Å². The van der Waals surface area contributed by atoms with Crippen molar-refractivity contribution >= 4 is 27.1 Å². The van der Waals surface area contributed by atoms with Crippen molar-refractivity contribution in [2.75, 3.05) is 26.3 Å². The standard InChI is InChI=1S/C36H44N4O8S/c1-24(2)21-40(49(43,44)27-13-14-33-29(18-27)31(39-48-33)20-37-19-26-11-7-4-8-12-26)22-32(41)30(17-25-9-5-3-6-10-25)38-36(42)47-34-23-46-35-28(34)15-16-45-35/h3-14,18,24,28,30,32,34-35,37,41H,15-17,19-23H2,1-2H3,(H,38,42)/t28-,30-,32+,34-,35+/m0/s1. The maximum absolute atomic E-state index is 14.2. The fourth-order valence-corrected chi connectivity index (χ4v) is 8.01. The number of hydrogen-bond acceptors (Lipinski definition) is 10. The lowest BCUT2D eigenvalue weighted by Crippen LogP contribution is -2.51. The number of aromatic nitrogens is 1. The van der Waals surface area contributed by atoms with Crippen LogP contribution in [0.25, 0.3) is 11.0 Å². The van der Waals surface area contributed by atoms with E-state index in [1.54, 1.807) is 12.1 Å². The van der Waals surface area contributed by atoms with E-state index in [-0.39, 0.29) is 49.1 Å². The first-order valence-corrected chi connectivity index (χ1v) is 18.2. The second-order valence-electron chi connectivity index (χ2n) is 13.1. The Morgan fingerprint density at radius 1 is 1.00 bits per heavy atom. The van der Waals surface area contributed by atoms with Gasteiger partial charge in [-0.1, -0.05) is 79.7 Å². The normalized spacial score (nSPS) is 20.5. The van der Waals surface area contributed by atoms with Crippen molar-refractivity contribution in [1.82, 2.24) is 20.1 Å². The largest absolute Gasteiger partial charge is 0.443 e. The van der Waals surface area contributed by atoms with Gasteiger partial charge in [0.25, 0.3) is 0 Å². The van der Waals surface area contributed by atoms with Crippen LogP contribution >= 0.6 is 0 Å². The molecule has 0 aliphatic carbocycles. The molecule has 3 heterocycles. The van der Waals surface area contributed by atoms with Crippen LogP contribution in [0.3, 0.4) is 0 Å². The van der Waals surface area contributed by atoms with E-state index in [0.717, 1.165) is 17.5 Å². The van der Waals surface area contributed by atoms with Crippen LogP contribution in [0.1, 0.15) is 37.1 Å². The van der Waals surface area contributed by atoms with Crippen LogP contribution in [-0.4, -0.2) is 79.9 Å². The van der Waals surface area contributed by atoms with E-state index in [1.165, 1.54) is 10.4 Å². The fraction of sp³-hybridized carbons (Fsp3) is 0.444. The van der Waals surface area contributed by atoms with Gasteiger partial charge in [-0.15, -0.1) is 0 Å². The number of sulfonamides is 1. The molecule has 49 heavy (non-hydrogen) atoms. The van der Waals surface area contributed by atoms with Gasteiger partial charge in [0, 0.05) is 31.6 Å². The number of rotatable bonds is 15. The third-order valence-corrected chi connectivity index (χ3v) is 10.7. The van der Waals surface area contributed by atoms with E-state index in [4.69, 9.17) is 18.7 Å². The molecule has 262 valence electrons. The van der Waals surface area contributed by atoms with E-state index >= 15 is 0 Å². The minimum atomic E-state index is -4.10. The van der Waals surface area contributed by atoms with Crippen molar-refractivity contribution in [2.45, 2.75) is 69.2 Å². The summed E-state index contributed by atoms with van der Waals surface area (Å²) in [6.07, 6.45) is -1.82. The van der Waals surface area contributed by atoms with Crippen molar-refractivity contribution in [3.05, 3.63) is 95.7 Å². The highest BCUT2D eigenvalue weighted by atomic mass is 32.2. The van der Waals surface area contributed by atoms with Crippen molar-refractivity contribution < 1.29 is 37.1 Å². The Labute approximate surface area is 286 Å². The minimum Gasteiger partial charge on any atom is -0.443 e. The number of benzene rings is 3. The van der Waals surface area contributed by atoms with E-state index < -0.39 is 34.4 Å². The second kappa shape index (κ2) is 15.8. The zero-order valence-corrected chi connectivity index (χ0v) is 28.6. The van der Waals surface area contributed by atoms with Crippen LogP contribution in [0.5, 0.6) is 0 Å². The molecule has 3 N–H and O–H groups in total. The molecule has 0 saturated carbocycles. The Morgan fingerprint density at radius 3 is 2.47 bits per heavy atom. The average molecular weight is 693 g/mol. The summed E-state index contributed by atoms with van der Waals surface area (Å²) in [6.45, 7) is 5.49. The Morgan fingerprint density at radius 2 is 1.73 bits per heavy atom. The fourth-order valence-electron chi connectivity index (χ4n) is 6.36. The summed E-state index contributed by atoms with van der Waals surface area (Å²) in [5, 5.41) is 22.6. The second-order valence-corrected chi connectivity index (χ2v) is 15.0. The molecule has 6 rings (SSSR count). The smallest absolute Gasteiger partial charge is 0.407 e. The van der Waals surface area contributed by atoms with Gasteiger partial charge >= 0.3 is 6.09 Å². The molecule has 0 spiro atoms. The Bertz CT molecular complexity index is 1790. The summed E-state index contributed by atoms with van der Waals surface area (Å²) in [5.74, 6) is -0.0914. The van der Waals surface area contributed by atoms with E-state index in [1.807, 2.05) is 74.5 Å². The first-order chi connectivity index (χ1) is 23.7. The van der Waals surface area contributed by atoms with Crippen molar-refractivity contribution in [3.8, 4) is 0 Å². The Balaban J connectivity index is 1.19.